The highest BCUT2D eigenvalue weighted by atomic mass is 79.9. The zero-order valence-corrected chi connectivity index (χ0v) is 14.4. The van der Waals surface area contributed by atoms with Crippen LogP contribution in [0.3, 0.4) is 0 Å². The molecule has 6 heteroatoms. The average molecular weight is 377 g/mol. The van der Waals surface area contributed by atoms with Crippen LogP contribution in [0.1, 0.15) is 21.5 Å². The van der Waals surface area contributed by atoms with E-state index < -0.39 is 5.91 Å². The minimum absolute atomic E-state index is 0.0991. The molecule has 2 amide bonds. The quantitative estimate of drug-likeness (QED) is 0.840. The fourth-order valence-electron chi connectivity index (χ4n) is 2.05. The number of primary amides is 1. The fraction of sp³-hybridized carbons (Fsp3) is 0.176. The SMILES string of the molecule is Cc1cc(OCC(=O)Nc2ccc(C(N)=O)cc2)cc(C)c1Br. The Morgan fingerprint density at radius 1 is 1.13 bits per heavy atom. The van der Waals surface area contributed by atoms with Gasteiger partial charge in [0.05, 0.1) is 0 Å². The van der Waals surface area contributed by atoms with Crippen LogP contribution in [-0.4, -0.2) is 18.4 Å². The second-order valence-electron chi connectivity index (χ2n) is 5.15. The van der Waals surface area contributed by atoms with Crippen molar-refractivity contribution in [2.75, 3.05) is 11.9 Å². The number of carbonyl (C=O) groups excluding carboxylic acids is 2. The van der Waals surface area contributed by atoms with Gasteiger partial charge in [0.15, 0.2) is 6.61 Å². The molecule has 0 atom stereocenters. The number of nitrogens with one attached hydrogen (secondary N) is 1. The zero-order chi connectivity index (χ0) is 17.0. The second kappa shape index (κ2) is 7.28. The Balaban J connectivity index is 1.93. The third-order valence-corrected chi connectivity index (χ3v) is 4.48. The Kier molecular flexibility index (Phi) is 5.39. The largest absolute Gasteiger partial charge is 0.484 e. The number of nitrogens with two attached hydrogens (primary N) is 1. The first-order valence-corrected chi connectivity index (χ1v) is 7.75. The number of ether oxygens (including phenoxy) is 1. The summed E-state index contributed by atoms with van der Waals surface area (Å²) in [6.07, 6.45) is 0. The molecule has 0 unspecified atom stereocenters. The number of hydrogen-bond donors (Lipinski definition) is 2. The van der Waals surface area contributed by atoms with Gasteiger partial charge in [0.2, 0.25) is 5.91 Å². The molecule has 0 saturated heterocycles. The fourth-order valence-corrected chi connectivity index (χ4v) is 2.28. The molecule has 5 nitrogen and oxygen atoms in total. The summed E-state index contributed by atoms with van der Waals surface area (Å²) in [4.78, 5) is 22.9. The lowest BCUT2D eigenvalue weighted by molar-refractivity contribution is -0.118. The van der Waals surface area contributed by atoms with Crippen molar-refractivity contribution in [1.29, 1.82) is 0 Å². The number of aryl methyl sites for hydroxylation is 2. The van der Waals surface area contributed by atoms with Crippen LogP contribution in [-0.2, 0) is 4.79 Å². The first kappa shape index (κ1) is 17.0. The lowest BCUT2D eigenvalue weighted by atomic mass is 10.1. The molecule has 120 valence electrons. The Bertz CT molecular complexity index is 719. The minimum atomic E-state index is -0.507. The van der Waals surface area contributed by atoms with Gasteiger partial charge in [0, 0.05) is 15.7 Å². The molecule has 0 spiro atoms. The summed E-state index contributed by atoms with van der Waals surface area (Å²) in [5.41, 5.74) is 8.22. The van der Waals surface area contributed by atoms with E-state index in [9.17, 15) is 9.59 Å². The molecule has 23 heavy (non-hydrogen) atoms. The molecule has 0 saturated carbocycles. The van der Waals surface area contributed by atoms with Crippen LogP contribution in [0.4, 0.5) is 5.69 Å². The highest BCUT2D eigenvalue weighted by Crippen LogP contribution is 2.26. The lowest BCUT2D eigenvalue weighted by Gasteiger charge is -2.10. The van der Waals surface area contributed by atoms with E-state index in [1.54, 1.807) is 24.3 Å². The van der Waals surface area contributed by atoms with Crippen LogP contribution >= 0.6 is 15.9 Å². The molecule has 0 heterocycles. The van der Waals surface area contributed by atoms with Crippen LogP contribution in [0.25, 0.3) is 0 Å². The van der Waals surface area contributed by atoms with Gasteiger partial charge < -0.3 is 15.8 Å². The molecule has 0 aliphatic carbocycles. The maximum absolute atomic E-state index is 11.9. The standard InChI is InChI=1S/C17H17BrN2O3/c1-10-7-14(8-11(2)16(10)18)23-9-15(21)20-13-5-3-12(4-6-13)17(19)22/h3-8H,9H2,1-2H3,(H2,19,22)(H,20,21). The summed E-state index contributed by atoms with van der Waals surface area (Å²) < 4.78 is 6.54. The van der Waals surface area contributed by atoms with Crippen molar-refractivity contribution in [1.82, 2.24) is 0 Å². The van der Waals surface area contributed by atoms with E-state index in [0.717, 1.165) is 15.6 Å². The number of hydrogen-bond acceptors (Lipinski definition) is 3. The average Bonchev–Trinajstić information content (AvgIpc) is 2.51. The summed E-state index contributed by atoms with van der Waals surface area (Å²) in [6, 6.07) is 10.1. The summed E-state index contributed by atoms with van der Waals surface area (Å²) >= 11 is 3.49. The van der Waals surface area contributed by atoms with E-state index in [0.29, 0.717) is 17.0 Å². The van der Waals surface area contributed by atoms with Gasteiger partial charge in [-0.05, 0) is 61.4 Å². The number of anilines is 1. The highest BCUT2D eigenvalue weighted by molar-refractivity contribution is 9.10. The van der Waals surface area contributed by atoms with Gasteiger partial charge in [0.1, 0.15) is 5.75 Å². The molecular weight excluding hydrogens is 360 g/mol. The van der Waals surface area contributed by atoms with Crippen molar-refractivity contribution in [2.45, 2.75) is 13.8 Å². The van der Waals surface area contributed by atoms with Crippen molar-refractivity contribution in [3.63, 3.8) is 0 Å². The number of rotatable bonds is 5. The molecular formula is C17H17BrN2O3. The van der Waals surface area contributed by atoms with Crippen LogP contribution in [0.15, 0.2) is 40.9 Å². The van der Waals surface area contributed by atoms with Gasteiger partial charge in [-0.3, -0.25) is 9.59 Å². The molecule has 0 radical (unpaired) electrons. The van der Waals surface area contributed by atoms with Crippen LogP contribution < -0.4 is 15.8 Å². The van der Waals surface area contributed by atoms with Crippen molar-refractivity contribution >= 4 is 33.4 Å². The van der Waals surface area contributed by atoms with Crippen LogP contribution in [0, 0.1) is 13.8 Å². The maximum Gasteiger partial charge on any atom is 0.262 e. The van der Waals surface area contributed by atoms with Crippen LogP contribution in [0.2, 0.25) is 0 Å². The molecule has 2 aromatic rings. The van der Waals surface area contributed by atoms with Gasteiger partial charge in [0.25, 0.3) is 5.91 Å². The molecule has 0 aliphatic rings. The molecule has 3 N–H and O–H groups in total. The number of amides is 2. The first-order chi connectivity index (χ1) is 10.9. The predicted molar refractivity (Wildman–Crippen MR) is 92.7 cm³/mol. The van der Waals surface area contributed by atoms with Gasteiger partial charge >= 0.3 is 0 Å². The summed E-state index contributed by atoms with van der Waals surface area (Å²) in [5.74, 6) is -0.148. The predicted octanol–water partition coefficient (Wildman–Crippen LogP) is 3.18. The van der Waals surface area contributed by atoms with E-state index in [-0.39, 0.29) is 12.5 Å². The normalized spacial score (nSPS) is 10.2. The van der Waals surface area contributed by atoms with Gasteiger partial charge in [-0.15, -0.1) is 0 Å². The van der Waals surface area contributed by atoms with E-state index in [1.807, 2.05) is 26.0 Å². The number of benzene rings is 2. The Morgan fingerprint density at radius 2 is 1.70 bits per heavy atom. The molecule has 0 aliphatic heterocycles. The Hall–Kier alpha value is -2.34. The van der Waals surface area contributed by atoms with Crippen molar-refractivity contribution in [3.05, 3.63) is 57.6 Å². The maximum atomic E-state index is 11.9. The number of carbonyl (C=O) groups is 2. The molecule has 2 aromatic carbocycles. The Labute approximate surface area is 143 Å². The second-order valence-corrected chi connectivity index (χ2v) is 5.94. The first-order valence-electron chi connectivity index (χ1n) is 6.96. The van der Waals surface area contributed by atoms with E-state index in [2.05, 4.69) is 21.2 Å². The third-order valence-electron chi connectivity index (χ3n) is 3.23. The summed E-state index contributed by atoms with van der Waals surface area (Å²) in [7, 11) is 0. The molecule has 0 fully saturated rings. The summed E-state index contributed by atoms with van der Waals surface area (Å²) in [5, 5.41) is 2.69. The van der Waals surface area contributed by atoms with E-state index in [4.69, 9.17) is 10.5 Å². The van der Waals surface area contributed by atoms with Crippen molar-refractivity contribution in [3.8, 4) is 5.75 Å². The van der Waals surface area contributed by atoms with Crippen LogP contribution in [0.5, 0.6) is 5.75 Å². The number of halogens is 1. The van der Waals surface area contributed by atoms with Gasteiger partial charge in [-0.2, -0.15) is 0 Å². The monoisotopic (exact) mass is 376 g/mol. The lowest BCUT2D eigenvalue weighted by Crippen LogP contribution is -2.20. The van der Waals surface area contributed by atoms with E-state index in [1.165, 1.54) is 0 Å². The molecule has 2 rings (SSSR count). The zero-order valence-electron chi connectivity index (χ0n) is 12.9. The van der Waals surface area contributed by atoms with Crippen molar-refractivity contribution in [2.24, 2.45) is 5.73 Å². The smallest absolute Gasteiger partial charge is 0.262 e. The summed E-state index contributed by atoms with van der Waals surface area (Å²) in [6.45, 7) is 3.83. The van der Waals surface area contributed by atoms with Crippen molar-refractivity contribution < 1.29 is 14.3 Å². The van der Waals surface area contributed by atoms with Gasteiger partial charge in [-0.25, -0.2) is 0 Å². The minimum Gasteiger partial charge on any atom is -0.484 e. The highest BCUT2D eigenvalue weighted by Gasteiger charge is 2.07. The third kappa shape index (κ3) is 4.56. The molecule has 0 bridgehead atoms. The Morgan fingerprint density at radius 3 is 2.22 bits per heavy atom. The van der Waals surface area contributed by atoms with E-state index >= 15 is 0 Å². The van der Waals surface area contributed by atoms with Gasteiger partial charge in [-0.1, -0.05) is 15.9 Å². The molecule has 0 aromatic heterocycles. The topological polar surface area (TPSA) is 81.4 Å².